The summed E-state index contributed by atoms with van der Waals surface area (Å²) in [5.74, 6) is 2.21. The molecule has 3 rings (SSSR count). The van der Waals surface area contributed by atoms with Crippen molar-refractivity contribution < 1.29 is 4.79 Å². The van der Waals surface area contributed by atoms with Gasteiger partial charge in [-0.05, 0) is 30.7 Å². The molecule has 0 saturated carbocycles. The quantitative estimate of drug-likeness (QED) is 0.745. The Labute approximate surface area is 97.1 Å². The normalized spacial score (nSPS) is 20.4. The van der Waals surface area contributed by atoms with Gasteiger partial charge in [-0.1, -0.05) is 0 Å². The molecule has 2 aromatic rings. The van der Waals surface area contributed by atoms with Gasteiger partial charge in [-0.3, -0.25) is 9.20 Å². The van der Waals surface area contributed by atoms with Crippen molar-refractivity contribution in [2.75, 3.05) is 5.75 Å². The Morgan fingerprint density at radius 3 is 3.19 bits per heavy atom. The molecule has 1 saturated heterocycles. The Hall–Kier alpha value is -1.36. The Balaban J connectivity index is 2.09. The van der Waals surface area contributed by atoms with Crippen LogP contribution in [0.2, 0.25) is 0 Å². The molecule has 1 atom stereocenters. The predicted octanol–water partition coefficient (Wildman–Crippen LogP) is 2.11. The maximum atomic E-state index is 10.7. The minimum Gasteiger partial charge on any atom is -0.298 e. The summed E-state index contributed by atoms with van der Waals surface area (Å²) in [6.45, 7) is 0. The highest BCUT2D eigenvalue weighted by Crippen LogP contribution is 2.38. The number of hydrogen-bond acceptors (Lipinski definition) is 4. The van der Waals surface area contributed by atoms with Crippen LogP contribution in [0, 0.1) is 0 Å². The van der Waals surface area contributed by atoms with Crippen molar-refractivity contribution in [2.45, 2.75) is 18.1 Å². The summed E-state index contributed by atoms with van der Waals surface area (Å²) in [6, 6.07) is 3.57. The Bertz CT molecular complexity index is 531. The molecular weight excluding hydrogens is 222 g/mol. The van der Waals surface area contributed by atoms with Gasteiger partial charge >= 0.3 is 0 Å². The molecule has 5 heteroatoms. The van der Waals surface area contributed by atoms with E-state index in [2.05, 4.69) is 10.2 Å². The van der Waals surface area contributed by atoms with Crippen LogP contribution in [0.1, 0.15) is 34.3 Å². The van der Waals surface area contributed by atoms with Gasteiger partial charge in [-0.2, -0.15) is 11.8 Å². The number of carbonyl (C=O) groups is 1. The average molecular weight is 233 g/mol. The molecule has 0 bridgehead atoms. The number of nitrogens with zero attached hydrogens (tertiary/aromatic N) is 3. The van der Waals surface area contributed by atoms with Gasteiger partial charge in [0.2, 0.25) is 0 Å². The number of fused-ring (bicyclic) bond motifs is 1. The van der Waals surface area contributed by atoms with Crippen molar-refractivity contribution in [1.29, 1.82) is 0 Å². The van der Waals surface area contributed by atoms with E-state index in [9.17, 15) is 4.79 Å². The SMILES string of the molecule is O=Cc1ccn2c(C3CCCS3)nnc2c1. The lowest BCUT2D eigenvalue weighted by molar-refractivity contribution is 0.112. The second-order valence-corrected chi connectivity index (χ2v) is 5.18. The maximum absolute atomic E-state index is 10.7. The smallest absolute Gasteiger partial charge is 0.161 e. The van der Waals surface area contributed by atoms with Crippen LogP contribution < -0.4 is 0 Å². The van der Waals surface area contributed by atoms with E-state index in [1.165, 1.54) is 18.6 Å². The van der Waals surface area contributed by atoms with Crippen molar-refractivity contribution in [2.24, 2.45) is 0 Å². The maximum Gasteiger partial charge on any atom is 0.161 e. The molecule has 4 nitrogen and oxygen atoms in total. The Kier molecular flexibility index (Phi) is 2.40. The van der Waals surface area contributed by atoms with Crippen molar-refractivity contribution in [3.05, 3.63) is 29.7 Å². The molecule has 0 radical (unpaired) electrons. The first-order valence-corrected chi connectivity index (χ1v) is 6.35. The van der Waals surface area contributed by atoms with E-state index < -0.39 is 0 Å². The lowest BCUT2D eigenvalue weighted by atomic mass is 10.2. The fourth-order valence-corrected chi connectivity index (χ4v) is 3.26. The van der Waals surface area contributed by atoms with E-state index in [1.54, 1.807) is 12.1 Å². The number of aldehydes is 1. The molecule has 0 aromatic carbocycles. The van der Waals surface area contributed by atoms with E-state index in [4.69, 9.17) is 0 Å². The zero-order valence-electron chi connectivity index (χ0n) is 8.67. The van der Waals surface area contributed by atoms with Gasteiger partial charge in [0.05, 0.1) is 5.25 Å². The summed E-state index contributed by atoms with van der Waals surface area (Å²) < 4.78 is 1.98. The Morgan fingerprint density at radius 1 is 1.50 bits per heavy atom. The molecule has 0 N–H and O–H groups in total. The first kappa shape index (κ1) is 9.84. The Morgan fingerprint density at radius 2 is 2.44 bits per heavy atom. The summed E-state index contributed by atoms with van der Waals surface area (Å²) in [4.78, 5) is 10.7. The van der Waals surface area contributed by atoms with Gasteiger partial charge in [0, 0.05) is 11.8 Å². The lowest BCUT2D eigenvalue weighted by Gasteiger charge is -2.05. The van der Waals surface area contributed by atoms with E-state index in [-0.39, 0.29) is 0 Å². The highest BCUT2D eigenvalue weighted by molar-refractivity contribution is 7.99. The molecule has 0 amide bonds. The minimum absolute atomic E-state index is 0.456. The third kappa shape index (κ3) is 1.51. The highest BCUT2D eigenvalue weighted by atomic mass is 32.2. The molecular formula is C11H11N3OS. The largest absolute Gasteiger partial charge is 0.298 e. The monoisotopic (exact) mass is 233 g/mol. The van der Waals surface area contributed by atoms with E-state index >= 15 is 0 Å². The van der Waals surface area contributed by atoms with Crippen molar-refractivity contribution in [3.8, 4) is 0 Å². The lowest BCUT2D eigenvalue weighted by Crippen LogP contribution is -1.97. The minimum atomic E-state index is 0.456. The molecule has 16 heavy (non-hydrogen) atoms. The topological polar surface area (TPSA) is 47.3 Å². The second kappa shape index (κ2) is 3.90. The summed E-state index contributed by atoms with van der Waals surface area (Å²) in [7, 11) is 0. The summed E-state index contributed by atoms with van der Waals surface area (Å²) in [5, 5.41) is 8.80. The van der Waals surface area contributed by atoms with E-state index in [0.29, 0.717) is 10.8 Å². The molecule has 1 unspecified atom stereocenters. The molecule has 1 fully saturated rings. The van der Waals surface area contributed by atoms with Crippen LogP contribution in [-0.2, 0) is 0 Å². The zero-order chi connectivity index (χ0) is 11.0. The van der Waals surface area contributed by atoms with Gasteiger partial charge in [0.1, 0.15) is 6.29 Å². The van der Waals surface area contributed by atoms with Crippen LogP contribution in [-0.4, -0.2) is 26.6 Å². The third-order valence-corrected chi connectivity index (χ3v) is 4.19. The summed E-state index contributed by atoms with van der Waals surface area (Å²) in [6.07, 6.45) is 5.13. The number of aromatic nitrogens is 3. The number of thioether (sulfide) groups is 1. The highest BCUT2D eigenvalue weighted by Gasteiger charge is 2.22. The summed E-state index contributed by atoms with van der Waals surface area (Å²) >= 11 is 1.93. The van der Waals surface area contributed by atoms with Crippen LogP contribution in [0.5, 0.6) is 0 Å². The fourth-order valence-electron chi connectivity index (χ4n) is 2.00. The van der Waals surface area contributed by atoms with Crippen LogP contribution in [0.3, 0.4) is 0 Å². The van der Waals surface area contributed by atoms with Crippen LogP contribution >= 0.6 is 11.8 Å². The molecule has 1 aliphatic heterocycles. The standard InChI is InChI=1S/C11H11N3OS/c15-7-8-3-4-14-10(6-8)12-13-11(14)9-2-1-5-16-9/h3-4,6-7,9H,1-2,5H2. The first-order chi connectivity index (χ1) is 7.88. The zero-order valence-corrected chi connectivity index (χ0v) is 9.48. The molecule has 2 aromatic heterocycles. The molecule has 3 heterocycles. The number of rotatable bonds is 2. The predicted molar refractivity (Wildman–Crippen MR) is 62.8 cm³/mol. The number of pyridine rings is 1. The van der Waals surface area contributed by atoms with Crippen molar-refractivity contribution in [3.63, 3.8) is 0 Å². The van der Waals surface area contributed by atoms with Crippen LogP contribution in [0.25, 0.3) is 5.65 Å². The molecule has 0 spiro atoms. The number of carbonyl (C=O) groups excluding carboxylic acids is 1. The fraction of sp³-hybridized carbons (Fsp3) is 0.364. The molecule has 1 aliphatic rings. The first-order valence-electron chi connectivity index (χ1n) is 5.30. The van der Waals surface area contributed by atoms with Gasteiger partial charge in [0.15, 0.2) is 11.5 Å². The van der Waals surface area contributed by atoms with Crippen LogP contribution in [0.15, 0.2) is 18.3 Å². The third-order valence-electron chi connectivity index (χ3n) is 2.81. The molecule has 82 valence electrons. The van der Waals surface area contributed by atoms with Gasteiger partial charge in [-0.25, -0.2) is 0 Å². The van der Waals surface area contributed by atoms with Gasteiger partial charge in [0.25, 0.3) is 0 Å². The van der Waals surface area contributed by atoms with Gasteiger partial charge < -0.3 is 0 Å². The summed E-state index contributed by atoms with van der Waals surface area (Å²) in [5.41, 5.74) is 1.40. The van der Waals surface area contributed by atoms with E-state index in [0.717, 1.165) is 17.8 Å². The van der Waals surface area contributed by atoms with Crippen LogP contribution in [0.4, 0.5) is 0 Å². The second-order valence-electron chi connectivity index (χ2n) is 3.87. The van der Waals surface area contributed by atoms with Crippen molar-refractivity contribution in [1.82, 2.24) is 14.6 Å². The average Bonchev–Trinajstić information content (AvgIpc) is 2.96. The van der Waals surface area contributed by atoms with E-state index in [1.807, 2.05) is 22.4 Å². The number of hydrogen-bond donors (Lipinski definition) is 0. The van der Waals surface area contributed by atoms with Crippen molar-refractivity contribution >= 4 is 23.7 Å². The molecule has 0 aliphatic carbocycles. The van der Waals surface area contributed by atoms with Gasteiger partial charge in [-0.15, -0.1) is 10.2 Å².